The zero-order valence-corrected chi connectivity index (χ0v) is 13.9. The van der Waals surface area contributed by atoms with Gasteiger partial charge in [-0.05, 0) is 38.7 Å². The molecule has 3 rings (SSSR count). The van der Waals surface area contributed by atoms with Crippen LogP contribution in [0.15, 0.2) is 24.3 Å². The number of hydrogen-bond acceptors (Lipinski definition) is 3. The molecule has 1 unspecified atom stereocenters. The molecule has 2 amide bonds. The van der Waals surface area contributed by atoms with E-state index >= 15 is 0 Å². The third kappa shape index (κ3) is 3.61. The van der Waals surface area contributed by atoms with E-state index in [0.717, 1.165) is 30.6 Å². The quantitative estimate of drug-likeness (QED) is 0.896. The molecule has 1 fully saturated rings. The Kier molecular flexibility index (Phi) is 4.76. The highest BCUT2D eigenvalue weighted by Crippen LogP contribution is 2.46. The van der Waals surface area contributed by atoms with Crippen molar-refractivity contribution in [3.05, 3.63) is 29.8 Å². The van der Waals surface area contributed by atoms with E-state index in [9.17, 15) is 4.79 Å². The van der Waals surface area contributed by atoms with E-state index in [0.29, 0.717) is 6.54 Å². The number of carbonyl (C=O) groups excluding carboxylic acids is 1. The third-order valence-electron chi connectivity index (χ3n) is 4.97. The number of para-hydroxylation sites is 1. The molecule has 1 aliphatic carbocycles. The minimum atomic E-state index is -0.149. The van der Waals surface area contributed by atoms with Crippen molar-refractivity contribution in [2.24, 2.45) is 0 Å². The number of rotatable bonds is 4. The van der Waals surface area contributed by atoms with Gasteiger partial charge in [-0.1, -0.05) is 18.2 Å². The van der Waals surface area contributed by atoms with Crippen molar-refractivity contribution in [3.8, 4) is 5.75 Å². The van der Waals surface area contributed by atoms with Crippen LogP contribution in [0, 0.1) is 0 Å². The zero-order chi connectivity index (χ0) is 16.3. The highest BCUT2D eigenvalue weighted by atomic mass is 16.5. The van der Waals surface area contributed by atoms with Crippen LogP contribution in [0.1, 0.15) is 50.6 Å². The smallest absolute Gasteiger partial charge is 0.315 e. The normalized spacial score (nSPS) is 23.0. The predicted molar refractivity (Wildman–Crippen MR) is 88.6 cm³/mol. The Balaban J connectivity index is 1.71. The van der Waals surface area contributed by atoms with Crippen molar-refractivity contribution in [1.82, 2.24) is 10.6 Å². The summed E-state index contributed by atoms with van der Waals surface area (Å²) >= 11 is 0. The fourth-order valence-electron chi connectivity index (χ4n) is 3.60. The molecule has 2 atom stereocenters. The summed E-state index contributed by atoms with van der Waals surface area (Å²) < 4.78 is 11.5. The Morgan fingerprint density at radius 1 is 1.39 bits per heavy atom. The van der Waals surface area contributed by atoms with Gasteiger partial charge in [0.15, 0.2) is 0 Å². The summed E-state index contributed by atoms with van der Waals surface area (Å²) in [7, 11) is 1.64. The molecule has 0 saturated heterocycles. The summed E-state index contributed by atoms with van der Waals surface area (Å²) in [6.07, 6.45) is 5.39. The summed E-state index contributed by atoms with van der Waals surface area (Å²) in [5.41, 5.74) is 0.964. The van der Waals surface area contributed by atoms with Crippen molar-refractivity contribution >= 4 is 6.03 Å². The molecule has 0 radical (unpaired) electrons. The van der Waals surface area contributed by atoms with E-state index in [2.05, 4.69) is 10.6 Å². The number of carbonyl (C=O) groups is 1. The lowest BCUT2D eigenvalue weighted by Crippen LogP contribution is -2.47. The van der Waals surface area contributed by atoms with Crippen LogP contribution in [-0.2, 0) is 4.74 Å². The summed E-state index contributed by atoms with van der Waals surface area (Å²) in [6.45, 7) is 2.43. The van der Waals surface area contributed by atoms with Gasteiger partial charge in [-0.15, -0.1) is 0 Å². The molecule has 0 aromatic heterocycles. The van der Waals surface area contributed by atoms with Gasteiger partial charge in [-0.25, -0.2) is 4.79 Å². The first-order valence-corrected chi connectivity index (χ1v) is 8.47. The van der Waals surface area contributed by atoms with E-state index in [1.807, 2.05) is 31.2 Å². The predicted octanol–water partition coefficient (Wildman–Crippen LogP) is 3.16. The summed E-state index contributed by atoms with van der Waals surface area (Å²) in [6, 6.07) is 7.88. The summed E-state index contributed by atoms with van der Waals surface area (Å²) in [4.78, 5) is 12.2. The second-order valence-electron chi connectivity index (χ2n) is 6.69. The molecule has 1 aromatic carbocycles. The second-order valence-corrected chi connectivity index (χ2v) is 6.69. The molecule has 2 aliphatic rings. The number of urea groups is 1. The first-order chi connectivity index (χ1) is 11.1. The number of nitrogens with one attached hydrogen (secondary N) is 2. The van der Waals surface area contributed by atoms with E-state index in [1.165, 1.54) is 12.8 Å². The molecular formula is C18H26N2O3. The zero-order valence-electron chi connectivity index (χ0n) is 13.9. The molecule has 5 nitrogen and oxygen atoms in total. The Hall–Kier alpha value is -1.75. The molecule has 2 N–H and O–H groups in total. The molecule has 1 aliphatic heterocycles. The van der Waals surface area contributed by atoms with Gasteiger partial charge in [0, 0.05) is 25.6 Å². The maximum absolute atomic E-state index is 12.2. The summed E-state index contributed by atoms with van der Waals surface area (Å²) in [5, 5.41) is 5.99. The molecule has 1 heterocycles. The van der Waals surface area contributed by atoms with Crippen LogP contribution in [0.2, 0.25) is 0 Å². The van der Waals surface area contributed by atoms with Crippen LogP contribution < -0.4 is 15.4 Å². The molecule has 1 spiro atoms. The van der Waals surface area contributed by atoms with Crippen LogP contribution in [0.3, 0.4) is 0 Å². The first kappa shape index (κ1) is 16.1. The highest BCUT2D eigenvalue weighted by Gasteiger charge is 2.43. The fourth-order valence-corrected chi connectivity index (χ4v) is 3.60. The van der Waals surface area contributed by atoms with Crippen LogP contribution >= 0.6 is 0 Å². The van der Waals surface area contributed by atoms with E-state index in [4.69, 9.17) is 9.47 Å². The topological polar surface area (TPSA) is 59.6 Å². The Morgan fingerprint density at radius 2 is 2.13 bits per heavy atom. The van der Waals surface area contributed by atoms with E-state index in [-0.39, 0.29) is 23.8 Å². The van der Waals surface area contributed by atoms with Crippen LogP contribution in [0.5, 0.6) is 5.75 Å². The number of methoxy groups -OCH3 is 1. The highest BCUT2D eigenvalue weighted by molar-refractivity contribution is 5.74. The fraction of sp³-hybridized carbons (Fsp3) is 0.611. The Labute approximate surface area is 137 Å². The van der Waals surface area contributed by atoms with Gasteiger partial charge in [0.25, 0.3) is 0 Å². The largest absolute Gasteiger partial charge is 0.487 e. The lowest BCUT2D eigenvalue weighted by Gasteiger charge is -2.40. The van der Waals surface area contributed by atoms with Gasteiger partial charge < -0.3 is 20.1 Å². The number of benzene rings is 1. The van der Waals surface area contributed by atoms with Crippen molar-refractivity contribution in [1.29, 1.82) is 0 Å². The number of ether oxygens (including phenoxy) is 2. The standard InChI is InChI=1S/C18H26N2O3/c1-13(22-2)12-19-17(21)20-15-11-18(9-5-6-10-18)23-16-8-4-3-7-14(15)16/h3-4,7-8,13,15H,5-6,9-12H2,1-2H3,(H2,19,20,21)/t13-,15?/m0/s1. The first-order valence-electron chi connectivity index (χ1n) is 8.47. The summed E-state index contributed by atoms with van der Waals surface area (Å²) in [5.74, 6) is 0.913. The van der Waals surface area contributed by atoms with Gasteiger partial charge in [-0.2, -0.15) is 0 Å². The van der Waals surface area contributed by atoms with Gasteiger partial charge in [-0.3, -0.25) is 0 Å². The molecule has 126 valence electrons. The molecule has 23 heavy (non-hydrogen) atoms. The van der Waals surface area contributed by atoms with Gasteiger partial charge in [0.1, 0.15) is 11.4 Å². The van der Waals surface area contributed by atoms with Gasteiger partial charge >= 0.3 is 6.03 Å². The molecule has 5 heteroatoms. The van der Waals surface area contributed by atoms with Crippen molar-refractivity contribution < 1.29 is 14.3 Å². The van der Waals surface area contributed by atoms with Crippen LogP contribution in [0.25, 0.3) is 0 Å². The molecular weight excluding hydrogens is 292 g/mol. The van der Waals surface area contributed by atoms with Gasteiger partial charge in [0.05, 0.1) is 12.1 Å². The van der Waals surface area contributed by atoms with E-state index < -0.39 is 0 Å². The molecule has 1 aromatic rings. The molecule has 0 bridgehead atoms. The van der Waals surface area contributed by atoms with Gasteiger partial charge in [0.2, 0.25) is 0 Å². The maximum atomic E-state index is 12.2. The average Bonchev–Trinajstić information content (AvgIpc) is 3.00. The van der Waals surface area contributed by atoms with Crippen LogP contribution in [0.4, 0.5) is 4.79 Å². The molecule has 1 saturated carbocycles. The van der Waals surface area contributed by atoms with Crippen molar-refractivity contribution in [3.63, 3.8) is 0 Å². The SMILES string of the molecule is CO[C@@H](C)CNC(=O)NC1CC2(CCCC2)Oc2ccccc21. The number of hydrogen-bond donors (Lipinski definition) is 2. The second kappa shape index (κ2) is 6.79. The Bertz CT molecular complexity index is 555. The van der Waals surface area contributed by atoms with Crippen LogP contribution in [-0.4, -0.2) is 31.4 Å². The Morgan fingerprint density at radius 3 is 2.87 bits per heavy atom. The monoisotopic (exact) mass is 318 g/mol. The van der Waals surface area contributed by atoms with Crippen molar-refractivity contribution in [2.75, 3.05) is 13.7 Å². The number of amides is 2. The lowest BCUT2D eigenvalue weighted by atomic mass is 9.86. The number of fused-ring (bicyclic) bond motifs is 1. The minimum absolute atomic E-state index is 0.00361. The maximum Gasteiger partial charge on any atom is 0.315 e. The van der Waals surface area contributed by atoms with E-state index in [1.54, 1.807) is 7.11 Å². The third-order valence-corrected chi connectivity index (χ3v) is 4.97. The minimum Gasteiger partial charge on any atom is -0.487 e. The lowest BCUT2D eigenvalue weighted by molar-refractivity contribution is 0.0383. The van der Waals surface area contributed by atoms with Crippen molar-refractivity contribution in [2.45, 2.75) is 56.8 Å². The average molecular weight is 318 g/mol.